The average molecular weight is 507 g/mol. The van der Waals surface area contributed by atoms with E-state index < -0.39 is 10.0 Å². The van der Waals surface area contributed by atoms with Crippen molar-refractivity contribution in [1.29, 1.82) is 0 Å². The zero-order valence-corrected chi connectivity index (χ0v) is 20.6. The number of pyridine rings is 2. The second kappa shape index (κ2) is 10.0. The van der Waals surface area contributed by atoms with Crippen LogP contribution in [0.15, 0.2) is 60.1 Å². The molecule has 11 heteroatoms. The molecule has 0 aromatic carbocycles. The zero-order chi connectivity index (χ0) is 25.1. The summed E-state index contributed by atoms with van der Waals surface area (Å²) in [6.07, 6.45) is 12.3. The van der Waals surface area contributed by atoms with Crippen LogP contribution in [0.25, 0.3) is 22.3 Å². The summed E-state index contributed by atoms with van der Waals surface area (Å²) >= 11 is 0. The van der Waals surface area contributed by atoms with Crippen molar-refractivity contribution in [2.24, 2.45) is 0 Å². The van der Waals surface area contributed by atoms with Gasteiger partial charge in [-0.1, -0.05) is 12.2 Å². The molecule has 3 aromatic rings. The van der Waals surface area contributed by atoms with Crippen LogP contribution in [0.3, 0.4) is 0 Å². The number of anilines is 1. The van der Waals surface area contributed by atoms with Crippen LogP contribution in [0.4, 0.5) is 5.69 Å². The maximum atomic E-state index is 12.8. The van der Waals surface area contributed by atoms with Crippen molar-refractivity contribution >= 4 is 32.7 Å². The first-order valence-corrected chi connectivity index (χ1v) is 13.3. The Bertz CT molecular complexity index is 1460. The molecule has 1 aliphatic heterocycles. The highest BCUT2D eigenvalue weighted by atomic mass is 32.2. The molecule has 2 aliphatic rings. The van der Waals surface area contributed by atoms with Gasteiger partial charge in [-0.2, -0.15) is 4.98 Å². The van der Waals surface area contributed by atoms with Gasteiger partial charge in [0.1, 0.15) is 12.4 Å². The molecule has 186 valence electrons. The number of rotatable bonds is 6. The Morgan fingerprint density at radius 1 is 1.17 bits per heavy atom. The first kappa shape index (κ1) is 23.9. The number of ether oxygens (including phenoxy) is 1. The molecule has 1 fully saturated rings. The van der Waals surface area contributed by atoms with E-state index in [-0.39, 0.29) is 12.0 Å². The Labute approximate surface area is 209 Å². The molecule has 0 spiro atoms. The summed E-state index contributed by atoms with van der Waals surface area (Å²) in [6.45, 7) is 2.86. The molecule has 5 rings (SSSR count). The fourth-order valence-corrected chi connectivity index (χ4v) is 5.47. The molecule has 0 radical (unpaired) electrons. The van der Waals surface area contributed by atoms with Crippen molar-refractivity contribution in [3.05, 3.63) is 60.1 Å². The smallest absolute Gasteiger partial charge is 0.258 e. The van der Waals surface area contributed by atoms with E-state index in [0.717, 1.165) is 0 Å². The van der Waals surface area contributed by atoms with Crippen LogP contribution in [0.1, 0.15) is 32.6 Å². The molecule has 0 bridgehead atoms. The lowest BCUT2D eigenvalue weighted by atomic mass is 10.1. The van der Waals surface area contributed by atoms with Gasteiger partial charge in [0.25, 0.3) is 10.0 Å². The normalized spacial score (nSPS) is 16.6. The Morgan fingerprint density at radius 2 is 2.00 bits per heavy atom. The molecule has 1 aliphatic carbocycles. The van der Waals surface area contributed by atoms with Gasteiger partial charge in [-0.15, -0.1) is 0 Å². The molecule has 0 unspecified atom stereocenters. The van der Waals surface area contributed by atoms with Crippen LogP contribution in [0.5, 0.6) is 5.88 Å². The van der Waals surface area contributed by atoms with Crippen LogP contribution in [0, 0.1) is 0 Å². The van der Waals surface area contributed by atoms with E-state index in [1.54, 1.807) is 37.4 Å². The third-order valence-corrected chi connectivity index (χ3v) is 7.76. The van der Waals surface area contributed by atoms with E-state index in [0.29, 0.717) is 77.5 Å². The number of piperidine rings is 1. The monoisotopic (exact) mass is 506 g/mol. The number of amides is 1. The minimum atomic E-state index is -3.67. The van der Waals surface area contributed by atoms with Crippen LogP contribution in [0.2, 0.25) is 0 Å². The zero-order valence-electron chi connectivity index (χ0n) is 19.8. The lowest BCUT2D eigenvalue weighted by molar-refractivity contribution is -0.130. The standard InChI is InChI=1S/C25H26N6O4S/c1-17(32)31-11-9-20(10-12-31)35-25-24-23(27-16-28-25)8-7-22(29-24)18-13-19(15-26-14-18)30-36(33,34)21-5-3-2-4-6-21/h2-3,5,7-8,13-16,20,30H,4,6,9-12H2,1H3. The lowest BCUT2D eigenvalue weighted by Gasteiger charge is -2.31. The van der Waals surface area contributed by atoms with Gasteiger partial charge in [0, 0.05) is 44.6 Å². The fourth-order valence-electron chi connectivity index (χ4n) is 4.27. The van der Waals surface area contributed by atoms with E-state index in [1.807, 2.05) is 17.0 Å². The largest absolute Gasteiger partial charge is 0.473 e. The highest BCUT2D eigenvalue weighted by Crippen LogP contribution is 2.28. The molecular weight excluding hydrogens is 480 g/mol. The molecule has 1 amide bonds. The number of likely N-dealkylation sites (tertiary alicyclic amines) is 1. The van der Waals surface area contributed by atoms with Gasteiger partial charge >= 0.3 is 0 Å². The minimum absolute atomic E-state index is 0.0673. The summed E-state index contributed by atoms with van der Waals surface area (Å²) < 4.78 is 34.3. The summed E-state index contributed by atoms with van der Waals surface area (Å²) in [5, 5.41) is 0. The van der Waals surface area contributed by atoms with E-state index in [9.17, 15) is 13.2 Å². The first-order valence-electron chi connectivity index (χ1n) is 11.8. The number of fused-ring (bicyclic) bond motifs is 1. The molecule has 1 saturated heterocycles. The number of hydrogen-bond acceptors (Lipinski definition) is 8. The van der Waals surface area contributed by atoms with Gasteiger partial charge in [0.05, 0.1) is 28.0 Å². The van der Waals surface area contributed by atoms with Gasteiger partial charge in [-0.05, 0) is 37.1 Å². The second-order valence-electron chi connectivity index (χ2n) is 8.73. The van der Waals surface area contributed by atoms with Crippen molar-refractivity contribution in [1.82, 2.24) is 24.8 Å². The molecular formula is C25H26N6O4S. The van der Waals surface area contributed by atoms with Gasteiger partial charge < -0.3 is 9.64 Å². The second-order valence-corrected chi connectivity index (χ2v) is 10.5. The van der Waals surface area contributed by atoms with Crippen LogP contribution >= 0.6 is 0 Å². The SMILES string of the molecule is CC(=O)N1CCC(Oc2ncnc3ccc(-c4cncc(NS(=O)(=O)C5=CC=CCC5)c4)nc23)CC1. The number of sulfonamides is 1. The number of nitrogens with zero attached hydrogens (tertiary/aromatic N) is 5. The summed E-state index contributed by atoms with van der Waals surface area (Å²) in [5.74, 6) is 0.447. The Balaban J connectivity index is 1.39. The van der Waals surface area contributed by atoms with Gasteiger partial charge in [-0.3, -0.25) is 14.5 Å². The molecule has 0 saturated carbocycles. The summed E-state index contributed by atoms with van der Waals surface area (Å²) in [7, 11) is -3.67. The molecule has 0 atom stereocenters. The lowest BCUT2D eigenvalue weighted by Crippen LogP contribution is -2.40. The van der Waals surface area contributed by atoms with Crippen molar-refractivity contribution in [2.75, 3.05) is 17.8 Å². The Kier molecular flexibility index (Phi) is 6.64. The van der Waals surface area contributed by atoms with Crippen LogP contribution in [-0.2, 0) is 14.8 Å². The number of nitrogens with one attached hydrogen (secondary N) is 1. The Morgan fingerprint density at radius 3 is 2.75 bits per heavy atom. The first-order chi connectivity index (χ1) is 17.4. The highest BCUT2D eigenvalue weighted by Gasteiger charge is 2.23. The molecule has 4 heterocycles. The number of carbonyl (C=O) groups excluding carboxylic acids is 1. The van der Waals surface area contributed by atoms with Crippen molar-refractivity contribution in [2.45, 2.75) is 38.7 Å². The highest BCUT2D eigenvalue weighted by molar-refractivity contribution is 7.96. The van der Waals surface area contributed by atoms with E-state index in [2.05, 4.69) is 19.7 Å². The van der Waals surface area contributed by atoms with E-state index in [4.69, 9.17) is 9.72 Å². The molecule has 1 N–H and O–H groups in total. The third kappa shape index (κ3) is 5.20. The van der Waals surface area contributed by atoms with Crippen molar-refractivity contribution in [3.8, 4) is 17.1 Å². The predicted octanol–water partition coefficient (Wildman–Crippen LogP) is 3.45. The number of allylic oxidation sites excluding steroid dienone is 4. The summed E-state index contributed by atoms with van der Waals surface area (Å²) in [6, 6.07) is 5.31. The van der Waals surface area contributed by atoms with Gasteiger partial charge in [-0.25, -0.2) is 18.4 Å². The van der Waals surface area contributed by atoms with Crippen molar-refractivity contribution in [3.63, 3.8) is 0 Å². The third-order valence-electron chi connectivity index (χ3n) is 6.22. The fraction of sp³-hybridized carbons (Fsp3) is 0.320. The van der Waals surface area contributed by atoms with Gasteiger partial charge in [0.2, 0.25) is 11.8 Å². The maximum Gasteiger partial charge on any atom is 0.258 e. The van der Waals surface area contributed by atoms with Crippen LogP contribution in [-0.4, -0.2) is 58.4 Å². The average Bonchev–Trinajstić information content (AvgIpc) is 2.89. The Hall–Kier alpha value is -3.86. The number of aromatic nitrogens is 4. The van der Waals surface area contributed by atoms with E-state index >= 15 is 0 Å². The predicted molar refractivity (Wildman–Crippen MR) is 135 cm³/mol. The number of carbonyl (C=O) groups is 1. The van der Waals surface area contributed by atoms with E-state index in [1.165, 1.54) is 12.5 Å². The minimum Gasteiger partial charge on any atom is -0.473 e. The quantitative estimate of drug-likeness (QED) is 0.539. The molecule has 36 heavy (non-hydrogen) atoms. The van der Waals surface area contributed by atoms with Crippen molar-refractivity contribution < 1.29 is 17.9 Å². The van der Waals surface area contributed by atoms with Gasteiger partial charge in [0.15, 0.2) is 5.52 Å². The number of hydrogen-bond donors (Lipinski definition) is 1. The molecule has 10 nitrogen and oxygen atoms in total. The topological polar surface area (TPSA) is 127 Å². The molecule has 3 aromatic heterocycles. The summed E-state index contributed by atoms with van der Waals surface area (Å²) in [5.41, 5.74) is 2.71. The van der Waals surface area contributed by atoms with Crippen LogP contribution < -0.4 is 9.46 Å². The summed E-state index contributed by atoms with van der Waals surface area (Å²) in [4.78, 5) is 31.3. The maximum absolute atomic E-state index is 12.8.